The van der Waals surface area contributed by atoms with E-state index in [-0.39, 0.29) is 0 Å². The van der Waals surface area contributed by atoms with Gasteiger partial charge in [0.1, 0.15) is 5.78 Å². The maximum Gasteiger partial charge on any atom is 0.131 e. The molecule has 0 spiro atoms. The molecule has 1 unspecified atom stereocenters. The van der Waals surface area contributed by atoms with Gasteiger partial charge in [0.05, 0.1) is 0 Å². The zero-order chi connectivity index (χ0) is 10.6. The second kappa shape index (κ2) is 5.50. The van der Waals surface area contributed by atoms with Gasteiger partial charge in [-0.3, -0.25) is 4.79 Å². The lowest BCUT2D eigenvalue weighted by Gasteiger charge is -2.26. The third-order valence-electron chi connectivity index (χ3n) is 3.36. The molecule has 1 rings (SSSR count). The first kappa shape index (κ1) is 11.7. The van der Waals surface area contributed by atoms with Crippen LogP contribution in [0.1, 0.15) is 46.0 Å². The highest BCUT2D eigenvalue weighted by atomic mass is 16.1. The van der Waals surface area contributed by atoms with E-state index in [1.165, 1.54) is 32.2 Å². The SMILES string of the molecule is CC(=O)CC(C)N(C)CC1CCCC1. The summed E-state index contributed by atoms with van der Waals surface area (Å²) in [6.07, 6.45) is 6.27. The molecule has 1 saturated carbocycles. The molecule has 1 aliphatic rings. The molecule has 1 atom stereocenters. The average molecular weight is 197 g/mol. The fraction of sp³-hybridized carbons (Fsp3) is 0.917. The van der Waals surface area contributed by atoms with Crippen LogP contribution in [0.25, 0.3) is 0 Å². The van der Waals surface area contributed by atoms with E-state index in [9.17, 15) is 4.79 Å². The van der Waals surface area contributed by atoms with Gasteiger partial charge in [-0.25, -0.2) is 0 Å². The van der Waals surface area contributed by atoms with Crippen molar-refractivity contribution >= 4 is 5.78 Å². The van der Waals surface area contributed by atoms with Crippen LogP contribution in [0.5, 0.6) is 0 Å². The number of hydrogen-bond donors (Lipinski definition) is 0. The third kappa shape index (κ3) is 3.79. The fourth-order valence-electron chi connectivity index (χ4n) is 2.35. The number of Topliss-reactive ketones (excluding diaryl/α,β-unsaturated/α-hetero) is 1. The molecule has 82 valence electrons. The van der Waals surface area contributed by atoms with E-state index < -0.39 is 0 Å². The molecule has 0 aromatic carbocycles. The highest BCUT2D eigenvalue weighted by Gasteiger charge is 2.19. The van der Waals surface area contributed by atoms with Gasteiger partial charge in [-0.15, -0.1) is 0 Å². The Labute approximate surface area is 87.7 Å². The molecule has 2 heteroatoms. The van der Waals surface area contributed by atoms with Gasteiger partial charge in [-0.2, -0.15) is 0 Å². The van der Waals surface area contributed by atoms with Crippen LogP contribution in [-0.4, -0.2) is 30.3 Å². The zero-order valence-electron chi connectivity index (χ0n) is 9.75. The van der Waals surface area contributed by atoms with Crippen molar-refractivity contribution in [1.82, 2.24) is 4.90 Å². The lowest BCUT2D eigenvalue weighted by molar-refractivity contribution is -0.118. The standard InChI is InChI=1S/C12H23NO/c1-10(8-11(2)14)13(3)9-12-6-4-5-7-12/h10,12H,4-9H2,1-3H3. The molecule has 0 saturated heterocycles. The summed E-state index contributed by atoms with van der Waals surface area (Å²) in [5.41, 5.74) is 0. The second-order valence-electron chi connectivity index (χ2n) is 4.85. The van der Waals surface area contributed by atoms with Gasteiger partial charge in [-0.1, -0.05) is 12.8 Å². The lowest BCUT2D eigenvalue weighted by Crippen LogP contribution is -2.34. The number of carbonyl (C=O) groups excluding carboxylic acids is 1. The molecule has 2 nitrogen and oxygen atoms in total. The third-order valence-corrected chi connectivity index (χ3v) is 3.36. The highest BCUT2D eigenvalue weighted by Crippen LogP contribution is 2.25. The van der Waals surface area contributed by atoms with Crippen molar-refractivity contribution in [3.05, 3.63) is 0 Å². The molecule has 0 aromatic rings. The van der Waals surface area contributed by atoms with Gasteiger partial charge < -0.3 is 4.90 Å². The minimum atomic E-state index is 0.302. The van der Waals surface area contributed by atoms with Crippen molar-refractivity contribution in [3.63, 3.8) is 0 Å². The van der Waals surface area contributed by atoms with Crippen LogP contribution in [-0.2, 0) is 4.79 Å². The van der Waals surface area contributed by atoms with E-state index in [0.29, 0.717) is 18.2 Å². The average Bonchev–Trinajstić information content (AvgIpc) is 2.55. The first-order valence-corrected chi connectivity index (χ1v) is 5.79. The van der Waals surface area contributed by atoms with Crippen LogP contribution in [0, 0.1) is 5.92 Å². The summed E-state index contributed by atoms with van der Waals surface area (Å²) in [5, 5.41) is 0. The predicted molar refractivity (Wildman–Crippen MR) is 59.3 cm³/mol. The Kier molecular flexibility index (Phi) is 4.59. The monoisotopic (exact) mass is 197 g/mol. The fourth-order valence-corrected chi connectivity index (χ4v) is 2.35. The minimum absolute atomic E-state index is 0.302. The van der Waals surface area contributed by atoms with E-state index in [1.807, 2.05) is 0 Å². The molecule has 0 amide bonds. The Bertz CT molecular complexity index is 185. The minimum Gasteiger partial charge on any atom is -0.303 e. The van der Waals surface area contributed by atoms with Crippen LogP contribution >= 0.6 is 0 Å². The van der Waals surface area contributed by atoms with Gasteiger partial charge in [-0.05, 0) is 39.7 Å². The summed E-state index contributed by atoms with van der Waals surface area (Å²) in [5.74, 6) is 1.19. The Hall–Kier alpha value is -0.370. The first-order chi connectivity index (χ1) is 6.59. The molecular formula is C12H23NO. The quantitative estimate of drug-likeness (QED) is 0.675. The number of ketones is 1. The van der Waals surface area contributed by atoms with Crippen LogP contribution in [0.15, 0.2) is 0 Å². The predicted octanol–water partition coefficient (Wildman–Crippen LogP) is 2.48. The van der Waals surface area contributed by atoms with Crippen LogP contribution in [0.3, 0.4) is 0 Å². The maximum absolute atomic E-state index is 11.0. The van der Waals surface area contributed by atoms with E-state index in [0.717, 1.165) is 5.92 Å². The van der Waals surface area contributed by atoms with Crippen molar-refractivity contribution in [2.24, 2.45) is 5.92 Å². The van der Waals surface area contributed by atoms with E-state index in [4.69, 9.17) is 0 Å². The lowest BCUT2D eigenvalue weighted by atomic mass is 10.1. The molecule has 14 heavy (non-hydrogen) atoms. The molecule has 0 aliphatic heterocycles. The van der Waals surface area contributed by atoms with Crippen molar-refractivity contribution < 1.29 is 4.79 Å². The number of rotatable bonds is 5. The van der Waals surface area contributed by atoms with E-state index in [1.54, 1.807) is 6.92 Å². The maximum atomic E-state index is 11.0. The summed E-state index contributed by atoms with van der Waals surface area (Å²) >= 11 is 0. The summed E-state index contributed by atoms with van der Waals surface area (Å²) in [6, 6.07) is 0.410. The van der Waals surface area contributed by atoms with Gasteiger partial charge in [0, 0.05) is 19.0 Å². The molecule has 1 fully saturated rings. The number of nitrogens with zero attached hydrogens (tertiary/aromatic N) is 1. The Morgan fingerprint density at radius 3 is 2.50 bits per heavy atom. The Morgan fingerprint density at radius 1 is 1.43 bits per heavy atom. The van der Waals surface area contributed by atoms with Crippen molar-refractivity contribution in [3.8, 4) is 0 Å². The van der Waals surface area contributed by atoms with Crippen molar-refractivity contribution in [1.29, 1.82) is 0 Å². The molecular weight excluding hydrogens is 174 g/mol. The van der Waals surface area contributed by atoms with Crippen molar-refractivity contribution in [2.45, 2.75) is 52.0 Å². The number of hydrogen-bond acceptors (Lipinski definition) is 2. The molecule has 0 N–H and O–H groups in total. The summed E-state index contributed by atoms with van der Waals surface area (Å²) in [4.78, 5) is 13.3. The van der Waals surface area contributed by atoms with Gasteiger partial charge in [0.2, 0.25) is 0 Å². The number of carbonyl (C=O) groups is 1. The normalized spacial score (nSPS) is 20.3. The first-order valence-electron chi connectivity index (χ1n) is 5.79. The zero-order valence-corrected chi connectivity index (χ0v) is 9.75. The van der Waals surface area contributed by atoms with Gasteiger partial charge in [0.25, 0.3) is 0 Å². The molecule has 0 radical (unpaired) electrons. The second-order valence-corrected chi connectivity index (χ2v) is 4.85. The Balaban J connectivity index is 2.25. The smallest absolute Gasteiger partial charge is 0.131 e. The van der Waals surface area contributed by atoms with Crippen LogP contribution < -0.4 is 0 Å². The van der Waals surface area contributed by atoms with E-state index >= 15 is 0 Å². The largest absolute Gasteiger partial charge is 0.303 e. The van der Waals surface area contributed by atoms with Crippen LogP contribution in [0.4, 0.5) is 0 Å². The topological polar surface area (TPSA) is 20.3 Å². The van der Waals surface area contributed by atoms with Crippen molar-refractivity contribution in [2.75, 3.05) is 13.6 Å². The van der Waals surface area contributed by atoms with E-state index in [2.05, 4.69) is 18.9 Å². The summed E-state index contributed by atoms with van der Waals surface area (Å²) < 4.78 is 0. The molecule has 0 bridgehead atoms. The van der Waals surface area contributed by atoms with Crippen LogP contribution in [0.2, 0.25) is 0 Å². The Morgan fingerprint density at radius 2 is 2.00 bits per heavy atom. The summed E-state index contributed by atoms with van der Waals surface area (Å²) in [7, 11) is 2.14. The molecule has 1 aliphatic carbocycles. The summed E-state index contributed by atoms with van der Waals surface area (Å²) in [6.45, 7) is 5.00. The molecule has 0 heterocycles. The van der Waals surface area contributed by atoms with Gasteiger partial charge >= 0.3 is 0 Å². The van der Waals surface area contributed by atoms with Gasteiger partial charge in [0.15, 0.2) is 0 Å². The molecule has 0 aromatic heterocycles. The highest BCUT2D eigenvalue weighted by molar-refractivity contribution is 5.76.